The van der Waals surface area contributed by atoms with E-state index in [0.717, 1.165) is 30.5 Å². The van der Waals surface area contributed by atoms with Gasteiger partial charge >= 0.3 is 18.4 Å². The number of carbonyl (C=O) groups excluding carboxylic acids is 1. The highest BCUT2D eigenvalue weighted by molar-refractivity contribution is 6.33. The third-order valence-electron chi connectivity index (χ3n) is 4.39. The van der Waals surface area contributed by atoms with Gasteiger partial charge in [-0.2, -0.15) is 26.3 Å². The van der Waals surface area contributed by atoms with Crippen molar-refractivity contribution in [2.75, 3.05) is 5.32 Å². The fourth-order valence-corrected chi connectivity index (χ4v) is 3.10. The Balaban J connectivity index is 2.01. The molecular weight excluding hydrogens is 460 g/mol. The molecule has 3 rings (SSSR count). The molecule has 2 amide bonds. The molecule has 0 saturated carbocycles. The predicted molar refractivity (Wildman–Crippen MR) is 106 cm³/mol. The van der Waals surface area contributed by atoms with Crippen LogP contribution in [0.5, 0.6) is 0 Å². The number of pyridine rings is 1. The lowest BCUT2D eigenvalue weighted by Crippen LogP contribution is -2.35. The first-order valence-electron chi connectivity index (χ1n) is 8.98. The number of hydrogen-bond donors (Lipinski definition) is 2. The molecule has 0 aliphatic carbocycles. The van der Waals surface area contributed by atoms with Gasteiger partial charge in [-0.15, -0.1) is 0 Å². The molecule has 1 unspecified atom stereocenters. The van der Waals surface area contributed by atoms with Gasteiger partial charge in [-0.1, -0.05) is 35.9 Å². The minimum absolute atomic E-state index is 0.0310. The van der Waals surface area contributed by atoms with Crippen LogP contribution in [-0.4, -0.2) is 11.0 Å². The van der Waals surface area contributed by atoms with Crippen LogP contribution in [0.15, 0.2) is 66.9 Å². The van der Waals surface area contributed by atoms with Crippen LogP contribution < -0.4 is 10.6 Å². The number of anilines is 1. The first-order valence-corrected chi connectivity index (χ1v) is 9.36. The predicted octanol–water partition coefficient (Wildman–Crippen LogP) is 6.68. The van der Waals surface area contributed by atoms with Gasteiger partial charge in [-0.25, -0.2) is 4.79 Å². The van der Waals surface area contributed by atoms with E-state index in [1.807, 2.05) is 0 Å². The van der Waals surface area contributed by atoms with E-state index in [0.29, 0.717) is 12.1 Å². The second-order valence-electron chi connectivity index (χ2n) is 6.57. The van der Waals surface area contributed by atoms with Crippen molar-refractivity contribution >= 4 is 23.3 Å². The Morgan fingerprint density at radius 2 is 1.53 bits per heavy atom. The number of urea groups is 1. The second-order valence-corrected chi connectivity index (χ2v) is 6.97. The van der Waals surface area contributed by atoms with Gasteiger partial charge in [0.25, 0.3) is 0 Å². The molecule has 0 spiro atoms. The summed E-state index contributed by atoms with van der Waals surface area (Å²) in [7, 11) is 0. The number of alkyl halides is 6. The average Bonchev–Trinajstić information content (AvgIpc) is 2.72. The van der Waals surface area contributed by atoms with Gasteiger partial charge in [0.1, 0.15) is 0 Å². The number of nitrogens with zero attached hydrogens (tertiary/aromatic N) is 1. The smallest absolute Gasteiger partial charge is 0.325 e. The molecule has 0 aliphatic rings. The van der Waals surface area contributed by atoms with Crippen molar-refractivity contribution in [1.82, 2.24) is 10.3 Å². The van der Waals surface area contributed by atoms with E-state index in [9.17, 15) is 31.1 Å². The maximum absolute atomic E-state index is 13.5. The van der Waals surface area contributed by atoms with Crippen molar-refractivity contribution in [1.29, 1.82) is 0 Å². The lowest BCUT2D eigenvalue weighted by molar-refractivity contribution is -0.139. The Morgan fingerprint density at radius 3 is 2.12 bits per heavy atom. The third kappa shape index (κ3) is 5.50. The number of benzene rings is 2. The van der Waals surface area contributed by atoms with Crippen LogP contribution in [0.25, 0.3) is 0 Å². The molecule has 1 heterocycles. The van der Waals surface area contributed by atoms with Crippen molar-refractivity contribution in [3.8, 4) is 0 Å². The molecule has 0 bridgehead atoms. The van der Waals surface area contributed by atoms with E-state index in [1.54, 1.807) is 12.1 Å². The molecule has 1 atom stereocenters. The zero-order valence-electron chi connectivity index (χ0n) is 15.9. The van der Waals surface area contributed by atoms with Crippen molar-refractivity contribution in [3.05, 3.63) is 94.3 Å². The number of hydrogen-bond acceptors (Lipinski definition) is 2. The monoisotopic (exact) mass is 473 g/mol. The Labute approximate surface area is 183 Å². The van der Waals surface area contributed by atoms with E-state index in [1.165, 1.54) is 12.1 Å². The number of para-hydroxylation sites is 1. The van der Waals surface area contributed by atoms with Gasteiger partial charge in [0, 0.05) is 6.20 Å². The van der Waals surface area contributed by atoms with Crippen LogP contribution in [0.3, 0.4) is 0 Å². The van der Waals surface area contributed by atoms with Crippen LogP contribution in [0, 0.1) is 0 Å². The average molecular weight is 474 g/mol. The van der Waals surface area contributed by atoms with E-state index in [2.05, 4.69) is 15.6 Å². The molecule has 4 nitrogen and oxygen atoms in total. The number of rotatable bonds is 4. The van der Waals surface area contributed by atoms with Crippen LogP contribution >= 0.6 is 11.6 Å². The van der Waals surface area contributed by atoms with Crippen LogP contribution in [0.1, 0.15) is 28.4 Å². The summed E-state index contributed by atoms with van der Waals surface area (Å²) in [6.45, 7) is 0. The highest BCUT2D eigenvalue weighted by Gasteiger charge is 2.37. The lowest BCUT2D eigenvalue weighted by atomic mass is 9.98. The van der Waals surface area contributed by atoms with Crippen molar-refractivity contribution in [2.24, 2.45) is 0 Å². The number of nitrogens with one attached hydrogen (secondary N) is 2. The van der Waals surface area contributed by atoms with Gasteiger partial charge in [0.2, 0.25) is 0 Å². The summed E-state index contributed by atoms with van der Waals surface area (Å²) in [6.07, 6.45) is -8.35. The summed E-state index contributed by atoms with van der Waals surface area (Å²) in [5, 5.41) is 4.93. The van der Waals surface area contributed by atoms with Crippen molar-refractivity contribution in [3.63, 3.8) is 0 Å². The fourth-order valence-electron chi connectivity index (χ4n) is 2.91. The maximum atomic E-state index is 13.5. The van der Waals surface area contributed by atoms with Gasteiger partial charge in [-0.05, 0) is 42.0 Å². The Bertz CT molecular complexity index is 1100. The standard InChI is InChI=1S/C21H14ClF6N3O/c22-15-5-1-2-6-16(15)30-19(32)31-17(12-7-9-13(10-8-12)20(23,24)25)18-14(21(26,27)28)4-3-11-29-18/h1-11,17H,(H2,30,31,32). The molecule has 0 saturated heterocycles. The van der Waals surface area contributed by atoms with E-state index < -0.39 is 41.2 Å². The van der Waals surface area contributed by atoms with Crippen LogP contribution in [0.2, 0.25) is 5.02 Å². The second kappa shape index (κ2) is 9.07. The number of carbonyl (C=O) groups is 1. The number of amides is 2. The SMILES string of the molecule is O=C(Nc1ccccc1Cl)NC(c1ccc(C(F)(F)F)cc1)c1ncccc1C(F)(F)F. The molecule has 2 aromatic carbocycles. The summed E-state index contributed by atoms with van der Waals surface area (Å²) in [5.41, 5.74) is -2.54. The van der Waals surface area contributed by atoms with E-state index in [-0.39, 0.29) is 16.3 Å². The Hall–Kier alpha value is -3.27. The van der Waals surface area contributed by atoms with Gasteiger partial charge in [0.15, 0.2) is 0 Å². The Kier molecular flexibility index (Phi) is 6.63. The summed E-state index contributed by atoms with van der Waals surface area (Å²) in [6, 6.07) is 8.96. The van der Waals surface area contributed by atoms with Crippen molar-refractivity contribution < 1.29 is 31.1 Å². The quantitative estimate of drug-likeness (QED) is 0.415. The van der Waals surface area contributed by atoms with Gasteiger partial charge < -0.3 is 10.6 Å². The van der Waals surface area contributed by atoms with E-state index >= 15 is 0 Å². The molecule has 0 radical (unpaired) electrons. The van der Waals surface area contributed by atoms with Gasteiger partial charge in [-0.3, -0.25) is 4.98 Å². The first kappa shape index (κ1) is 23.4. The normalized spacial score (nSPS) is 12.8. The Morgan fingerprint density at radius 1 is 0.875 bits per heavy atom. The zero-order chi connectivity index (χ0) is 23.5. The molecular formula is C21H14ClF6N3O. The minimum Gasteiger partial charge on any atom is -0.325 e. The molecule has 0 aliphatic heterocycles. The number of halogens is 7. The summed E-state index contributed by atoms with van der Waals surface area (Å²) < 4.78 is 79.3. The molecule has 1 aromatic heterocycles. The first-order chi connectivity index (χ1) is 15.0. The third-order valence-corrected chi connectivity index (χ3v) is 4.72. The molecule has 2 N–H and O–H groups in total. The maximum Gasteiger partial charge on any atom is 0.418 e. The molecule has 3 aromatic rings. The highest BCUT2D eigenvalue weighted by atomic mass is 35.5. The highest BCUT2D eigenvalue weighted by Crippen LogP contribution is 2.36. The van der Waals surface area contributed by atoms with Gasteiger partial charge in [0.05, 0.1) is 33.6 Å². The van der Waals surface area contributed by atoms with Crippen molar-refractivity contribution in [2.45, 2.75) is 18.4 Å². The molecule has 11 heteroatoms. The van der Waals surface area contributed by atoms with Crippen LogP contribution in [-0.2, 0) is 12.4 Å². The fraction of sp³-hybridized carbons (Fsp3) is 0.143. The molecule has 32 heavy (non-hydrogen) atoms. The summed E-state index contributed by atoms with van der Waals surface area (Å²) >= 11 is 5.97. The molecule has 168 valence electrons. The largest absolute Gasteiger partial charge is 0.418 e. The topological polar surface area (TPSA) is 54.0 Å². The van der Waals surface area contributed by atoms with E-state index in [4.69, 9.17) is 11.6 Å². The minimum atomic E-state index is -4.81. The summed E-state index contributed by atoms with van der Waals surface area (Å²) in [4.78, 5) is 16.3. The molecule has 0 fully saturated rings. The zero-order valence-corrected chi connectivity index (χ0v) is 16.7. The lowest BCUT2D eigenvalue weighted by Gasteiger charge is -2.23. The van der Waals surface area contributed by atoms with Crippen LogP contribution in [0.4, 0.5) is 36.8 Å². The number of aromatic nitrogens is 1. The summed E-state index contributed by atoms with van der Waals surface area (Å²) in [5.74, 6) is 0.